The van der Waals surface area contributed by atoms with Crippen molar-refractivity contribution in [1.82, 2.24) is 10.2 Å². The van der Waals surface area contributed by atoms with E-state index in [0.717, 1.165) is 58.5 Å². The predicted molar refractivity (Wildman–Crippen MR) is 105 cm³/mol. The maximum Gasteiger partial charge on any atom is 0.317 e. The van der Waals surface area contributed by atoms with Crippen LogP contribution in [0.15, 0.2) is 42.0 Å². The minimum Gasteiger partial charge on any atom is -0.380 e. The SMILES string of the molecule is O=C(NCCc1ccccc1)N1CCC[C@]2(C3=CCOCC3)COCC[C@@H]12. The molecule has 2 amide bonds. The van der Waals surface area contributed by atoms with Gasteiger partial charge in [-0.05, 0) is 37.7 Å². The molecule has 2 saturated heterocycles. The number of piperidine rings is 1. The molecule has 0 bridgehead atoms. The van der Waals surface area contributed by atoms with Gasteiger partial charge in [-0.2, -0.15) is 0 Å². The van der Waals surface area contributed by atoms with Crippen molar-refractivity contribution in [3.63, 3.8) is 0 Å². The molecular weight excluding hydrogens is 340 g/mol. The van der Waals surface area contributed by atoms with Crippen LogP contribution in [0.2, 0.25) is 0 Å². The summed E-state index contributed by atoms with van der Waals surface area (Å²) in [6, 6.07) is 10.6. The van der Waals surface area contributed by atoms with Crippen LogP contribution >= 0.6 is 0 Å². The molecule has 0 radical (unpaired) electrons. The summed E-state index contributed by atoms with van der Waals surface area (Å²) in [5.41, 5.74) is 2.68. The third-order valence-electron chi connectivity index (χ3n) is 6.33. The molecule has 5 nitrogen and oxygen atoms in total. The molecule has 2 fully saturated rings. The van der Waals surface area contributed by atoms with Gasteiger partial charge < -0.3 is 19.7 Å². The molecule has 0 aromatic heterocycles. The largest absolute Gasteiger partial charge is 0.380 e. The number of ether oxygens (including phenoxy) is 2. The Morgan fingerprint density at radius 2 is 2.11 bits per heavy atom. The van der Waals surface area contributed by atoms with Crippen molar-refractivity contribution in [2.24, 2.45) is 5.41 Å². The first-order valence-electron chi connectivity index (χ1n) is 10.2. The Labute approximate surface area is 161 Å². The lowest BCUT2D eigenvalue weighted by Gasteiger charge is -2.53. The second-order valence-corrected chi connectivity index (χ2v) is 7.83. The van der Waals surface area contributed by atoms with E-state index in [1.54, 1.807) is 0 Å². The van der Waals surface area contributed by atoms with Crippen molar-refractivity contribution in [3.8, 4) is 0 Å². The van der Waals surface area contributed by atoms with Crippen molar-refractivity contribution < 1.29 is 14.3 Å². The number of fused-ring (bicyclic) bond motifs is 1. The quantitative estimate of drug-likeness (QED) is 0.829. The van der Waals surface area contributed by atoms with E-state index in [9.17, 15) is 4.79 Å². The number of carbonyl (C=O) groups is 1. The summed E-state index contributed by atoms with van der Waals surface area (Å²) in [4.78, 5) is 15.1. The molecule has 1 aromatic carbocycles. The minimum absolute atomic E-state index is 0.0168. The Morgan fingerprint density at radius 1 is 1.22 bits per heavy atom. The normalized spacial score (nSPS) is 28.2. The lowest BCUT2D eigenvalue weighted by molar-refractivity contribution is -0.0705. The molecule has 5 heteroatoms. The summed E-state index contributed by atoms with van der Waals surface area (Å²) < 4.78 is 11.4. The second-order valence-electron chi connectivity index (χ2n) is 7.83. The first-order valence-corrected chi connectivity index (χ1v) is 10.2. The van der Waals surface area contributed by atoms with Crippen LogP contribution in [0, 0.1) is 5.41 Å². The molecular formula is C22H30N2O3. The number of rotatable bonds is 4. The summed E-state index contributed by atoms with van der Waals surface area (Å²) >= 11 is 0. The van der Waals surface area contributed by atoms with Gasteiger partial charge in [0.25, 0.3) is 0 Å². The van der Waals surface area contributed by atoms with Gasteiger partial charge in [0.2, 0.25) is 0 Å². The predicted octanol–water partition coefficient (Wildman–Crippen LogP) is 3.16. The van der Waals surface area contributed by atoms with E-state index in [-0.39, 0.29) is 17.5 Å². The van der Waals surface area contributed by atoms with Crippen molar-refractivity contribution in [3.05, 3.63) is 47.5 Å². The van der Waals surface area contributed by atoms with Crippen LogP contribution in [0.3, 0.4) is 0 Å². The Morgan fingerprint density at radius 3 is 2.93 bits per heavy atom. The zero-order valence-corrected chi connectivity index (χ0v) is 16.0. The minimum atomic E-state index is -0.0168. The van der Waals surface area contributed by atoms with Crippen LogP contribution in [0.1, 0.15) is 31.2 Å². The molecule has 0 unspecified atom stereocenters. The van der Waals surface area contributed by atoms with Gasteiger partial charge in [-0.25, -0.2) is 4.79 Å². The first kappa shape index (κ1) is 18.5. The van der Waals surface area contributed by atoms with Gasteiger partial charge in [0.15, 0.2) is 0 Å². The molecule has 0 aliphatic carbocycles. The highest BCUT2D eigenvalue weighted by Gasteiger charge is 2.50. The summed E-state index contributed by atoms with van der Waals surface area (Å²) in [7, 11) is 0. The number of urea groups is 1. The molecule has 3 aliphatic rings. The van der Waals surface area contributed by atoms with Gasteiger partial charge in [0.1, 0.15) is 0 Å². The lowest BCUT2D eigenvalue weighted by Crippen LogP contribution is -2.61. The molecule has 27 heavy (non-hydrogen) atoms. The van der Waals surface area contributed by atoms with E-state index in [1.807, 2.05) is 18.2 Å². The van der Waals surface area contributed by atoms with Gasteiger partial charge in [-0.1, -0.05) is 42.0 Å². The molecule has 2 atom stereocenters. The van der Waals surface area contributed by atoms with Crippen LogP contribution in [0.5, 0.6) is 0 Å². The molecule has 1 N–H and O–H groups in total. The van der Waals surface area contributed by atoms with Crippen molar-refractivity contribution >= 4 is 6.03 Å². The van der Waals surface area contributed by atoms with E-state index in [1.165, 1.54) is 11.1 Å². The molecule has 0 spiro atoms. The Bertz CT molecular complexity index is 671. The lowest BCUT2D eigenvalue weighted by atomic mass is 9.65. The van der Waals surface area contributed by atoms with Gasteiger partial charge in [0.05, 0.1) is 19.8 Å². The van der Waals surface area contributed by atoms with Gasteiger partial charge >= 0.3 is 6.03 Å². The fourth-order valence-electron chi connectivity index (χ4n) is 4.98. The highest BCUT2D eigenvalue weighted by molar-refractivity contribution is 5.75. The van der Waals surface area contributed by atoms with Crippen molar-refractivity contribution in [1.29, 1.82) is 0 Å². The maximum atomic E-state index is 13.0. The zero-order chi connectivity index (χ0) is 18.5. The molecule has 4 rings (SSSR count). The summed E-state index contributed by atoms with van der Waals surface area (Å²) in [5.74, 6) is 0. The van der Waals surface area contributed by atoms with Gasteiger partial charge in [-0.15, -0.1) is 0 Å². The topological polar surface area (TPSA) is 50.8 Å². The smallest absolute Gasteiger partial charge is 0.317 e. The molecule has 0 saturated carbocycles. The number of hydrogen-bond donors (Lipinski definition) is 1. The maximum absolute atomic E-state index is 13.0. The second kappa shape index (κ2) is 8.44. The Hall–Kier alpha value is -1.85. The standard InChI is InChI=1S/C22H30N2O3/c25-21(23-12-7-18-5-2-1-3-6-18)24-13-4-11-22(17-27-16-10-20(22)24)19-8-14-26-15-9-19/h1-3,5-6,8,20H,4,7,9-17H2,(H,23,25)/t20-,22-/m1/s1. The third-order valence-corrected chi connectivity index (χ3v) is 6.33. The highest BCUT2D eigenvalue weighted by atomic mass is 16.5. The molecule has 3 aliphatic heterocycles. The van der Waals surface area contributed by atoms with E-state index in [0.29, 0.717) is 13.2 Å². The number of hydrogen-bond acceptors (Lipinski definition) is 3. The van der Waals surface area contributed by atoms with E-state index in [4.69, 9.17) is 9.47 Å². The van der Waals surface area contributed by atoms with Crippen LogP contribution in [-0.4, -0.2) is 56.5 Å². The average Bonchev–Trinajstić information content (AvgIpc) is 2.74. The molecule has 3 heterocycles. The fraction of sp³-hybridized carbons (Fsp3) is 0.591. The first-order chi connectivity index (χ1) is 13.3. The molecule has 1 aromatic rings. The van der Waals surface area contributed by atoms with Crippen LogP contribution < -0.4 is 5.32 Å². The highest BCUT2D eigenvalue weighted by Crippen LogP contribution is 2.47. The number of nitrogens with one attached hydrogen (secondary N) is 1. The number of nitrogens with zero attached hydrogens (tertiary/aromatic N) is 1. The average molecular weight is 370 g/mol. The number of amides is 2. The van der Waals surface area contributed by atoms with E-state index in [2.05, 4.69) is 28.4 Å². The fourth-order valence-corrected chi connectivity index (χ4v) is 4.98. The molecule has 146 valence electrons. The zero-order valence-electron chi connectivity index (χ0n) is 16.0. The summed E-state index contributed by atoms with van der Waals surface area (Å²) in [6.45, 7) is 4.46. The van der Waals surface area contributed by atoms with Crippen molar-refractivity contribution in [2.45, 2.75) is 38.1 Å². The van der Waals surface area contributed by atoms with E-state index < -0.39 is 0 Å². The summed E-state index contributed by atoms with van der Waals surface area (Å²) in [6.07, 6.45) is 7.12. The Kier molecular flexibility index (Phi) is 5.79. The van der Waals surface area contributed by atoms with Crippen LogP contribution in [-0.2, 0) is 15.9 Å². The van der Waals surface area contributed by atoms with Gasteiger partial charge in [0, 0.05) is 31.2 Å². The number of carbonyl (C=O) groups excluding carboxylic acids is 1. The van der Waals surface area contributed by atoms with Crippen LogP contribution in [0.25, 0.3) is 0 Å². The Balaban J connectivity index is 1.44. The van der Waals surface area contributed by atoms with E-state index >= 15 is 0 Å². The monoisotopic (exact) mass is 370 g/mol. The third kappa shape index (κ3) is 3.90. The summed E-state index contributed by atoms with van der Waals surface area (Å²) in [5, 5.41) is 3.16. The van der Waals surface area contributed by atoms with Crippen molar-refractivity contribution in [2.75, 3.05) is 39.5 Å². The number of benzene rings is 1. The number of likely N-dealkylation sites (tertiary alicyclic amines) is 1. The van der Waals surface area contributed by atoms with Crippen LogP contribution in [0.4, 0.5) is 4.79 Å². The van der Waals surface area contributed by atoms with Gasteiger partial charge in [-0.3, -0.25) is 0 Å².